The van der Waals surface area contributed by atoms with Gasteiger partial charge < -0.3 is 4.90 Å². The Morgan fingerprint density at radius 1 is 1.28 bits per heavy atom. The summed E-state index contributed by atoms with van der Waals surface area (Å²) in [6.07, 6.45) is -0.843. The average molecular weight is 351 g/mol. The van der Waals surface area contributed by atoms with E-state index >= 15 is 0 Å². The lowest BCUT2D eigenvalue weighted by Gasteiger charge is -2.26. The summed E-state index contributed by atoms with van der Waals surface area (Å²) in [6, 6.07) is 5.06. The molecule has 0 aromatic carbocycles. The van der Waals surface area contributed by atoms with Crippen molar-refractivity contribution in [3.8, 4) is 0 Å². The van der Waals surface area contributed by atoms with Crippen molar-refractivity contribution in [2.24, 2.45) is 0 Å². The van der Waals surface area contributed by atoms with Crippen molar-refractivity contribution in [1.29, 1.82) is 0 Å². The molecule has 1 saturated heterocycles. The largest absolute Gasteiger partial charge is 0.433 e. The first-order valence-electron chi connectivity index (χ1n) is 8.09. The quantitative estimate of drug-likeness (QED) is 0.848. The zero-order chi connectivity index (χ0) is 18.0. The number of pyridine rings is 1. The smallest absolute Gasteiger partial charge is 0.355 e. The first kappa shape index (κ1) is 17.6. The fourth-order valence-corrected chi connectivity index (χ4v) is 3.05. The molecule has 0 saturated carbocycles. The SMILES string of the molecule is Cc1cccnc1CN1CCC(N(C)c2cc(C(F)(F)F)ncn2)C1. The molecule has 0 bridgehead atoms. The van der Waals surface area contributed by atoms with Gasteiger partial charge in [0.25, 0.3) is 0 Å². The number of likely N-dealkylation sites (N-methyl/N-ethyl adjacent to an activating group) is 1. The molecule has 8 heteroatoms. The molecule has 0 spiro atoms. The Morgan fingerprint density at radius 3 is 2.80 bits per heavy atom. The van der Waals surface area contributed by atoms with Crippen LogP contribution in [0.2, 0.25) is 0 Å². The van der Waals surface area contributed by atoms with E-state index in [0.717, 1.165) is 49.7 Å². The van der Waals surface area contributed by atoms with Crippen LogP contribution in [0.3, 0.4) is 0 Å². The van der Waals surface area contributed by atoms with Crippen LogP contribution in [0.1, 0.15) is 23.4 Å². The maximum Gasteiger partial charge on any atom is 0.433 e. The summed E-state index contributed by atoms with van der Waals surface area (Å²) in [7, 11) is 1.78. The molecule has 3 rings (SSSR count). The van der Waals surface area contributed by atoms with Gasteiger partial charge in [-0.2, -0.15) is 13.2 Å². The summed E-state index contributed by atoms with van der Waals surface area (Å²) in [5.41, 5.74) is 1.26. The Morgan fingerprint density at radius 2 is 2.08 bits per heavy atom. The van der Waals surface area contributed by atoms with Crippen molar-refractivity contribution in [1.82, 2.24) is 19.9 Å². The highest BCUT2D eigenvalue weighted by molar-refractivity contribution is 5.40. The summed E-state index contributed by atoms with van der Waals surface area (Å²) in [5, 5.41) is 0. The molecule has 0 N–H and O–H groups in total. The zero-order valence-electron chi connectivity index (χ0n) is 14.2. The Kier molecular flexibility index (Phi) is 4.89. The van der Waals surface area contributed by atoms with Gasteiger partial charge >= 0.3 is 6.18 Å². The Balaban J connectivity index is 1.67. The van der Waals surface area contributed by atoms with Gasteiger partial charge in [0, 0.05) is 45.0 Å². The monoisotopic (exact) mass is 351 g/mol. The lowest BCUT2D eigenvalue weighted by atomic mass is 10.2. The molecule has 1 fully saturated rings. The van der Waals surface area contributed by atoms with Crippen molar-refractivity contribution >= 4 is 5.82 Å². The Hall–Kier alpha value is -2.22. The summed E-state index contributed by atoms with van der Waals surface area (Å²) >= 11 is 0. The molecule has 1 aliphatic heterocycles. The van der Waals surface area contributed by atoms with Crippen molar-refractivity contribution in [3.05, 3.63) is 47.7 Å². The number of nitrogens with zero attached hydrogens (tertiary/aromatic N) is 5. The van der Waals surface area contributed by atoms with Gasteiger partial charge in [-0.25, -0.2) is 9.97 Å². The number of likely N-dealkylation sites (tertiary alicyclic amines) is 1. The van der Waals surface area contributed by atoms with Crippen LogP contribution in [-0.2, 0) is 12.7 Å². The normalized spacial score (nSPS) is 18.5. The number of aromatic nitrogens is 3. The summed E-state index contributed by atoms with van der Waals surface area (Å²) in [5.74, 6) is 0.295. The minimum absolute atomic E-state index is 0.111. The number of rotatable bonds is 4. The average Bonchev–Trinajstić information content (AvgIpc) is 3.04. The topological polar surface area (TPSA) is 45.2 Å². The van der Waals surface area contributed by atoms with Gasteiger partial charge in [-0.15, -0.1) is 0 Å². The molecule has 5 nitrogen and oxygen atoms in total. The van der Waals surface area contributed by atoms with E-state index in [0.29, 0.717) is 5.82 Å². The van der Waals surface area contributed by atoms with Gasteiger partial charge in [0.15, 0.2) is 0 Å². The first-order valence-corrected chi connectivity index (χ1v) is 8.09. The molecule has 0 radical (unpaired) electrons. The van der Waals surface area contributed by atoms with E-state index < -0.39 is 11.9 Å². The predicted molar refractivity (Wildman–Crippen MR) is 88.1 cm³/mol. The van der Waals surface area contributed by atoms with Crippen LogP contribution in [-0.4, -0.2) is 46.0 Å². The van der Waals surface area contributed by atoms with Crippen LogP contribution < -0.4 is 4.90 Å². The number of anilines is 1. The van der Waals surface area contributed by atoms with Gasteiger partial charge in [0.1, 0.15) is 17.8 Å². The summed E-state index contributed by atoms with van der Waals surface area (Å²) in [4.78, 5) is 15.8. The fourth-order valence-electron chi connectivity index (χ4n) is 3.05. The molecular weight excluding hydrogens is 331 g/mol. The van der Waals surface area contributed by atoms with Crippen molar-refractivity contribution in [3.63, 3.8) is 0 Å². The predicted octanol–water partition coefficient (Wildman–Crippen LogP) is 2.91. The van der Waals surface area contributed by atoms with Crippen LogP contribution in [0.25, 0.3) is 0 Å². The maximum atomic E-state index is 12.8. The summed E-state index contributed by atoms with van der Waals surface area (Å²) < 4.78 is 38.5. The van der Waals surface area contributed by atoms with E-state index in [1.807, 2.05) is 24.0 Å². The van der Waals surface area contributed by atoms with E-state index in [4.69, 9.17) is 0 Å². The van der Waals surface area contributed by atoms with Crippen molar-refractivity contribution in [2.45, 2.75) is 32.1 Å². The van der Waals surface area contributed by atoms with Gasteiger partial charge in [-0.3, -0.25) is 9.88 Å². The molecule has 25 heavy (non-hydrogen) atoms. The van der Waals surface area contributed by atoms with Crippen LogP contribution in [0.5, 0.6) is 0 Å². The Bertz CT molecular complexity index is 734. The van der Waals surface area contributed by atoms with Crippen LogP contribution in [0.15, 0.2) is 30.7 Å². The Labute approximate surface area is 144 Å². The van der Waals surface area contributed by atoms with Crippen molar-refractivity contribution in [2.75, 3.05) is 25.0 Å². The van der Waals surface area contributed by atoms with Crippen LogP contribution >= 0.6 is 0 Å². The standard InChI is InChI=1S/C17H20F3N5/c1-12-4-3-6-21-14(12)10-25-7-5-13(9-25)24(2)16-8-15(17(18,19)20)22-11-23-16/h3-4,6,8,11,13H,5,7,9-10H2,1-2H3. The molecular formula is C17H20F3N5. The number of alkyl halides is 3. The van der Waals surface area contributed by atoms with E-state index in [2.05, 4.69) is 19.9 Å². The third kappa shape index (κ3) is 4.07. The van der Waals surface area contributed by atoms with E-state index in [1.165, 1.54) is 0 Å². The summed E-state index contributed by atoms with van der Waals surface area (Å²) in [6.45, 7) is 4.41. The highest BCUT2D eigenvalue weighted by atomic mass is 19.4. The minimum atomic E-state index is -4.46. The molecule has 2 aromatic rings. The van der Waals surface area contributed by atoms with Gasteiger partial charge in [0.05, 0.1) is 5.69 Å². The molecule has 0 aliphatic carbocycles. The number of hydrogen-bond acceptors (Lipinski definition) is 5. The number of hydrogen-bond donors (Lipinski definition) is 0. The second-order valence-electron chi connectivity index (χ2n) is 6.31. The van der Waals surface area contributed by atoms with E-state index in [-0.39, 0.29) is 6.04 Å². The highest BCUT2D eigenvalue weighted by Crippen LogP contribution is 2.30. The van der Waals surface area contributed by atoms with Crippen molar-refractivity contribution < 1.29 is 13.2 Å². The molecule has 0 amide bonds. The lowest BCUT2D eigenvalue weighted by Crippen LogP contribution is -2.35. The molecule has 1 unspecified atom stereocenters. The highest BCUT2D eigenvalue weighted by Gasteiger charge is 2.34. The van der Waals surface area contributed by atoms with Crippen LogP contribution in [0, 0.1) is 6.92 Å². The maximum absolute atomic E-state index is 12.8. The molecule has 2 aromatic heterocycles. The third-order valence-corrected chi connectivity index (χ3v) is 4.59. The number of halogens is 3. The molecule has 1 atom stereocenters. The van der Waals surface area contributed by atoms with E-state index in [1.54, 1.807) is 13.2 Å². The van der Waals surface area contributed by atoms with Gasteiger partial charge in [-0.1, -0.05) is 6.07 Å². The molecule has 3 heterocycles. The van der Waals surface area contributed by atoms with Gasteiger partial charge in [0.2, 0.25) is 0 Å². The van der Waals surface area contributed by atoms with E-state index in [9.17, 15) is 13.2 Å². The minimum Gasteiger partial charge on any atom is -0.355 e. The van der Waals surface area contributed by atoms with Gasteiger partial charge in [-0.05, 0) is 25.0 Å². The first-order chi connectivity index (χ1) is 11.8. The second kappa shape index (κ2) is 6.95. The zero-order valence-corrected chi connectivity index (χ0v) is 14.2. The second-order valence-corrected chi connectivity index (χ2v) is 6.31. The number of aryl methyl sites for hydroxylation is 1. The van der Waals surface area contributed by atoms with Crippen LogP contribution in [0.4, 0.5) is 19.0 Å². The molecule has 1 aliphatic rings. The third-order valence-electron chi connectivity index (χ3n) is 4.59. The fraction of sp³-hybridized carbons (Fsp3) is 0.471. The molecule has 134 valence electrons. The lowest BCUT2D eigenvalue weighted by molar-refractivity contribution is -0.141.